The topological polar surface area (TPSA) is 49.8 Å². The van der Waals surface area contributed by atoms with Gasteiger partial charge in [-0.2, -0.15) is 0 Å². The number of likely N-dealkylation sites (tertiary alicyclic amines) is 1. The lowest BCUT2D eigenvalue weighted by molar-refractivity contribution is -0.138. The zero-order valence-electron chi connectivity index (χ0n) is 12.9. The summed E-state index contributed by atoms with van der Waals surface area (Å²) in [5, 5.41) is 8.88. The number of carbonyl (C=O) groups is 1. The predicted molar refractivity (Wildman–Crippen MR) is 82.6 cm³/mol. The first kappa shape index (κ1) is 15.8. The van der Waals surface area contributed by atoms with Crippen molar-refractivity contribution in [1.29, 1.82) is 0 Å². The molecule has 1 saturated heterocycles. The monoisotopic (exact) mass is 291 g/mol. The van der Waals surface area contributed by atoms with Gasteiger partial charge in [0.15, 0.2) is 0 Å². The smallest absolute Gasteiger partial charge is 0.303 e. The van der Waals surface area contributed by atoms with E-state index in [2.05, 4.69) is 17.9 Å². The number of benzene rings is 1. The van der Waals surface area contributed by atoms with Crippen LogP contribution in [-0.2, 0) is 4.79 Å². The first-order chi connectivity index (χ1) is 10.1. The molecule has 21 heavy (non-hydrogen) atoms. The van der Waals surface area contributed by atoms with Crippen molar-refractivity contribution in [1.82, 2.24) is 4.90 Å². The van der Waals surface area contributed by atoms with Crippen LogP contribution < -0.4 is 4.74 Å². The number of nitrogens with zero attached hydrogens (tertiary/aromatic N) is 1. The Labute approximate surface area is 126 Å². The van der Waals surface area contributed by atoms with E-state index < -0.39 is 5.97 Å². The lowest BCUT2D eigenvalue weighted by atomic mass is 9.92. The van der Waals surface area contributed by atoms with Crippen LogP contribution in [0.15, 0.2) is 24.3 Å². The highest BCUT2D eigenvalue weighted by Gasteiger charge is 2.26. The quantitative estimate of drug-likeness (QED) is 0.873. The van der Waals surface area contributed by atoms with Gasteiger partial charge in [0.25, 0.3) is 0 Å². The minimum atomic E-state index is -0.678. The van der Waals surface area contributed by atoms with Crippen molar-refractivity contribution in [3.8, 4) is 5.75 Å². The van der Waals surface area contributed by atoms with Crippen molar-refractivity contribution < 1.29 is 14.6 Å². The molecule has 0 spiro atoms. The van der Waals surface area contributed by atoms with Gasteiger partial charge < -0.3 is 9.84 Å². The highest BCUT2D eigenvalue weighted by Crippen LogP contribution is 2.32. The Bertz CT molecular complexity index is 467. The third-order valence-corrected chi connectivity index (χ3v) is 4.33. The van der Waals surface area contributed by atoms with E-state index in [1.807, 2.05) is 25.1 Å². The minimum Gasteiger partial charge on any atom is -0.494 e. The lowest BCUT2D eigenvalue weighted by Gasteiger charge is -2.36. The van der Waals surface area contributed by atoms with E-state index >= 15 is 0 Å². The van der Waals surface area contributed by atoms with Crippen LogP contribution in [0.1, 0.15) is 44.7 Å². The summed E-state index contributed by atoms with van der Waals surface area (Å²) >= 11 is 0. The summed E-state index contributed by atoms with van der Waals surface area (Å²) in [6, 6.07) is 8.50. The van der Waals surface area contributed by atoms with Crippen LogP contribution in [0.2, 0.25) is 0 Å². The number of aliphatic carboxylic acids is 1. The number of piperidine rings is 1. The molecule has 0 saturated carbocycles. The Morgan fingerprint density at radius 2 is 2.05 bits per heavy atom. The Balaban J connectivity index is 1.98. The summed E-state index contributed by atoms with van der Waals surface area (Å²) in [5.74, 6) is 0.608. The van der Waals surface area contributed by atoms with Crippen molar-refractivity contribution in [3.63, 3.8) is 0 Å². The van der Waals surface area contributed by atoms with Gasteiger partial charge in [-0.05, 0) is 51.8 Å². The van der Waals surface area contributed by atoms with Gasteiger partial charge in [0.1, 0.15) is 5.75 Å². The van der Waals surface area contributed by atoms with Gasteiger partial charge >= 0.3 is 5.97 Å². The molecule has 1 aromatic rings. The van der Waals surface area contributed by atoms with Crippen LogP contribution in [-0.4, -0.2) is 35.7 Å². The van der Waals surface area contributed by atoms with Gasteiger partial charge in [0, 0.05) is 18.0 Å². The van der Waals surface area contributed by atoms with Gasteiger partial charge in [0.05, 0.1) is 6.61 Å². The standard InChI is InChI=1S/C17H25NO3/c1-3-21-16-7-5-4-6-15(16)13(2)18-10-8-14(9-11-18)12-17(19)20/h4-7,13-14H,3,8-12H2,1-2H3,(H,19,20). The Hall–Kier alpha value is -1.55. The number of ether oxygens (including phenoxy) is 1. The van der Waals surface area contributed by atoms with E-state index in [1.165, 1.54) is 5.56 Å². The predicted octanol–water partition coefficient (Wildman–Crippen LogP) is 3.33. The van der Waals surface area contributed by atoms with E-state index in [1.54, 1.807) is 0 Å². The largest absolute Gasteiger partial charge is 0.494 e. The fourth-order valence-corrected chi connectivity index (χ4v) is 3.10. The molecule has 1 aliphatic rings. The molecule has 1 N–H and O–H groups in total. The molecule has 1 atom stereocenters. The highest BCUT2D eigenvalue weighted by molar-refractivity contribution is 5.67. The number of rotatable bonds is 6. The highest BCUT2D eigenvalue weighted by atomic mass is 16.5. The summed E-state index contributed by atoms with van der Waals surface area (Å²) in [7, 11) is 0. The number of hydrogen-bond acceptors (Lipinski definition) is 3. The third kappa shape index (κ3) is 4.21. The number of carboxylic acid groups (broad SMARTS) is 1. The maximum absolute atomic E-state index is 10.8. The van der Waals surface area contributed by atoms with E-state index in [0.29, 0.717) is 25.0 Å². The molecule has 0 radical (unpaired) electrons. The van der Waals surface area contributed by atoms with Crippen molar-refractivity contribution in [2.24, 2.45) is 5.92 Å². The molecule has 2 rings (SSSR count). The van der Waals surface area contributed by atoms with Gasteiger partial charge in [-0.15, -0.1) is 0 Å². The molecular weight excluding hydrogens is 266 g/mol. The van der Waals surface area contributed by atoms with Crippen LogP contribution in [0.25, 0.3) is 0 Å². The first-order valence-electron chi connectivity index (χ1n) is 7.79. The lowest BCUT2D eigenvalue weighted by Crippen LogP contribution is -2.36. The molecule has 0 amide bonds. The minimum absolute atomic E-state index is 0.303. The zero-order chi connectivity index (χ0) is 15.2. The Kier molecular flexibility index (Phi) is 5.62. The SMILES string of the molecule is CCOc1ccccc1C(C)N1CCC(CC(=O)O)CC1. The second-order valence-electron chi connectivity index (χ2n) is 5.72. The first-order valence-corrected chi connectivity index (χ1v) is 7.79. The molecule has 116 valence electrons. The number of para-hydroxylation sites is 1. The fraction of sp³-hybridized carbons (Fsp3) is 0.588. The average Bonchev–Trinajstić information content (AvgIpc) is 2.48. The van der Waals surface area contributed by atoms with E-state index in [-0.39, 0.29) is 0 Å². The number of hydrogen-bond donors (Lipinski definition) is 1. The number of carboxylic acids is 1. The molecule has 4 nitrogen and oxygen atoms in total. The Morgan fingerprint density at radius 3 is 2.67 bits per heavy atom. The van der Waals surface area contributed by atoms with Crippen molar-refractivity contribution in [2.45, 2.75) is 39.2 Å². The molecule has 1 heterocycles. The fourth-order valence-electron chi connectivity index (χ4n) is 3.10. The summed E-state index contributed by atoms with van der Waals surface area (Å²) in [4.78, 5) is 13.2. The van der Waals surface area contributed by atoms with E-state index in [9.17, 15) is 4.79 Å². The molecule has 4 heteroatoms. The summed E-state index contributed by atoms with van der Waals surface area (Å²) in [6.45, 7) is 6.79. The second-order valence-corrected chi connectivity index (χ2v) is 5.72. The molecule has 0 bridgehead atoms. The molecule has 1 unspecified atom stereocenters. The third-order valence-electron chi connectivity index (χ3n) is 4.33. The van der Waals surface area contributed by atoms with E-state index in [4.69, 9.17) is 9.84 Å². The van der Waals surface area contributed by atoms with Crippen molar-refractivity contribution >= 4 is 5.97 Å². The van der Waals surface area contributed by atoms with Crippen LogP contribution in [0.4, 0.5) is 0 Å². The zero-order valence-corrected chi connectivity index (χ0v) is 12.9. The Morgan fingerprint density at radius 1 is 1.38 bits per heavy atom. The maximum Gasteiger partial charge on any atom is 0.303 e. The van der Waals surface area contributed by atoms with Crippen LogP contribution in [0, 0.1) is 5.92 Å². The van der Waals surface area contributed by atoms with Crippen LogP contribution >= 0.6 is 0 Å². The van der Waals surface area contributed by atoms with Crippen LogP contribution in [0.5, 0.6) is 5.75 Å². The maximum atomic E-state index is 10.8. The summed E-state index contributed by atoms with van der Waals surface area (Å²) < 4.78 is 5.72. The molecule has 0 aliphatic carbocycles. The van der Waals surface area contributed by atoms with Gasteiger partial charge in [-0.25, -0.2) is 0 Å². The summed E-state index contributed by atoms with van der Waals surface area (Å²) in [5.41, 5.74) is 1.22. The van der Waals surface area contributed by atoms with E-state index in [0.717, 1.165) is 31.7 Å². The average molecular weight is 291 g/mol. The second kappa shape index (κ2) is 7.46. The molecule has 1 fully saturated rings. The molecule has 0 aromatic heterocycles. The van der Waals surface area contributed by atoms with Gasteiger partial charge in [0.2, 0.25) is 0 Å². The van der Waals surface area contributed by atoms with Gasteiger partial charge in [-0.3, -0.25) is 9.69 Å². The van der Waals surface area contributed by atoms with Gasteiger partial charge in [-0.1, -0.05) is 18.2 Å². The van der Waals surface area contributed by atoms with Crippen molar-refractivity contribution in [2.75, 3.05) is 19.7 Å². The van der Waals surface area contributed by atoms with Crippen LogP contribution in [0.3, 0.4) is 0 Å². The molecular formula is C17H25NO3. The van der Waals surface area contributed by atoms with Crippen molar-refractivity contribution in [3.05, 3.63) is 29.8 Å². The molecule has 1 aliphatic heterocycles. The molecule has 1 aromatic carbocycles. The summed E-state index contributed by atoms with van der Waals surface area (Å²) in [6.07, 6.45) is 2.23. The normalized spacial score (nSPS) is 18.4.